The van der Waals surface area contributed by atoms with Crippen molar-refractivity contribution in [1.29, 1.82) is 0 Å². The van der Waals surface area contributed by atoms with E-state index in [0.717, 1.165) is 17.7 Å². The lowest BCUT2D eigenvalue weighted by Crippen LogP contribution is -2.14. The summed E-state index contributed by atoms with van der Waals surface area (Å²) in [6.07, 6.45) is 1.25. The zero-order chi connectivity index (χ0) is 13.0. The maximum absolute atomic E-state index is 11.8. The standard InChI is InChI=1S/C14H17N3O/c1-3-12-9-13(17-16-12)15-14(18)8-11-6-4-10(2)5-7-11/h4-7,9H,3,8H2,1-2H3,(H2,15,16,17,18). The van der Waals surface area contributed by atoms with Crippen LogP contribution in [0.15, 0.2) is 30.3 Å². The molecule has 0 unspecified atom stereocenters. The summed E-state index contributed by atoms with van der Waals surface area (Å²) in [4.78, 5) is 11.8. The molecule has 0 fully saturated rings. The lowest BCUT2D eigenvalue weighted by atomic mass is 10.1. The molecule has 2 aromatic rings. The van der Waals surface area contributed by atoms with Crippen LogP contribution in [0.25, 0.3) is 0 Å². The van der Waals surface area contributed by atoms with E-state index in [1.54, 1.807) is 0 Å². The van der Waals surface area contributed by atoms with E-state index in [1.807, 2.05) is 44.2 Å². The number of amides is 1. The third-order valence-corrected chi connectivity index (χ3v) is 2.76. The molecule has 1 aromatic carbocycles. The molecule has 2 N–H and O–H groups in total. The molecule has 2 rings (SSSR count). The normalized spacial score (nSPS) is 10.3. The van der Waals surface area contributed by atoms with E-state index in [2.05, 4.69) is 15.5 Å². The van der Waals surface area contributed by atoms with E-state index < -0.39 is 0 Å². The Hall–Kier alpha value is -2.10. The van der Waals surface area contributed by atoms with Crippen LogP contribution in [0.3, 0.4) is 0 Å². The molecule has 4 nitrogen and oxygen atoms in total. The average molecular weight is 243 g/mol. The van der Waals surface area contributed by atoms with Gasteiger partial charge in [-0.3, -0.25) is 9.89 Å². The van der Waals surface area contributed by atoms with E-state index in [-0.39, 0.29) is 5.91 Å². The zero-order valence-corrected chi connectivity index (χ0v) is 10.7. The Labute approximate surface area is 106 Å². The van der Waals surface area contributed by atoms with Gasteiger partial charge in [0.1, 0.15) is 0 Å². The van der Waals surface area contributed by atoms with E-state index in [0.29, 0.717) is 12.2 Å². The quantitative estimate of drug-likeness (QED) is 0.866. The Morgan fingerprint density at radius 2 is 2.06 bits per heavy atom. The van der Waals surface area contributed by atoms with Crippen molar-refractivity contribution in [2.45, 2.75) is 26.7 Å². The van der Waals surface area contributed by atoms with Gasteiger partial charge in [0.2, 0.25) is 5.91 Å². The van der Waals surface area contributed by atoms with E-state index >= 15 is 0 Å². The molecule has 0 bridgehead atoms. The summed E-state index contributed by atoms with van der Waals surface area (Å²) in [6, 6.07) is 9.81. The Morgan fingerprint density at radius 3 is 2.67 bits per heavy atom. The van der Waals surface area contributed by atoms with Crippen LogP contribution in [-0.2, 0) is 17.6 Å². The number of H-pyrrole nitrogens is 1. The van der Waals surface area contributed by atoms with Crippen LogP contribution in [0.1, 0.15) is 23.7 Å². The van der Waals surface area contributed by atoms with Gasteiger partial charge in [-0.1, -0.05) is 36.8 Å². The van der Waals surface area contributed by atoms with Crippen molar-refractivity contribution in [3.8, 4) is 0 Å². The van der Waals surface area contributed by atoms with Crippen LogP contribution < -0.4 is 5.32 Å². The molecule has 0 aliphatic rings. The summed E-state index contributed by atoms with van der Waals surface area (Å²) >= 11 is 0. The Morgan fingerprint density at radius 1 is 1.33 bits per heavy atom. The highest BCUT2D eigenvalue weighted by Crippen LogP contribution is 2.08. The molecule has 0 spiro atoms. The number of hydrogen-bond acceptors (Lipinski definition) is 2. The summed E-state index contributed by atoms with van der Waals surface area (Å²) in [5.41, 5.74) is 3.21. The topological polar surface area (TPSA) is 57.8 Å². The molecule has 0 aliphatic heterocycles. The van der Waals surface area contributed by atoms with Gasteiger partial charge in [0.05, 0.1) is 6.42 Å². The maximum Gasteiger partial charge on any atom is 0.229 e. The van der Waals surface area contributed by atoms with Gasteiger partial charge in [0, 0.05) is 11.8 Å². The molecule has 0 aliphatic carbocycles. The molecular weight excluding hydrogens is 226 g/mol. The number of anilines is 1. The minimum atomic E-state index is -0.0481. The third-order valence-electron chi connectivity index (χ3n) is 2.76. The van der Waals surface area contributed by atoms with Gasteiger partial charge in [-0.2, -0.15) is 5.10 Å². The van der Waals surface area contributed by atoms with Crippen LogP contribution in [0.4, 0.5) is 5.82 Å². The van der Waals surface area contributed by atoms with Crippen LogP contribution in [0.5, 0.6) is 0 Å². The predicted molar refractivity (Wildman–Crippen MR) is 71.5 cm³/mol. The predicted octanol–water partition coefficient (Wildman–Crippen LogP) is 2.46. The van der Waals surface area contributed by atoms with Crippen LogP contribution in [0, 0.1) is 6.92 Å². The van der Waals surface area contributed by atoms with E-state index in [9.17, 15) is 4.79 Å². The molecule has 1 aromatic heterocycles. The monoisotopic (exact) mass is 243 g/mol. The highest BCUT2D eigenvalue weighted by Gasteiger charge is 2.06. The number of nitrogens with zero attached hydrogens (tertiary/aromatic N) is 1. The second kappa shape index (κ2) is 5.49. The van der Waals surface area contributed by atoms with Crippen molar-refractivity contribution >= 4 is 11.7 Å². The first kappa shape index (κ1) is 12.4. The summed E-state index contributed by atoms with van der Waals surface area (Å²) in [5.74, 6) is 0.539. The molecule has 0 radical (unpaired) electrons. The maximum atomic E-state index is 11.8. The number of aryl methyl sites for hydroxylation is 2. The van der Waals surface area contributed by atoms with Gasteiger partial charge < -0.3 is 5.32 Å². The number of nitrogens with one attached hydrogen (secondary N) is 2. The van der Waals surface area contributed by atoms with Crippen molar-refractivity contribution in [1.82, 2.24) is 10.2 Å². The van der Waals surface area contributed by atoms with Crippen molar-refractivity contribution in [3.05, 3.63) is 47.2 Å². The molecule has 4 heteroatoms. The van der Waals surface area contributed by atoms with Crippen molar-refractivity contribution in [3.63, 3.8) is 0 Å². The van der Waals surface area contributed by atoms with Crippen LogP contribution in [0.2, 0.25) is 0 Å². The smallest absolute Gasteiger partial charge is 0.229 e. The van der Waals surface area contributed by atoms with Gasteiger partial charge >= 0.3 is 0 Å². The lowest BCUT2D eigenvalue weighted by Gasteiger charge is -2.02. The van der Waals surface area contributed by atoms with Gasteiger partial charge in [-0.05, 0) is 18.9 Å². The Bertz CT molecular complexity index is 528. The second-order valence-electron chi connectivity index (χ2n) is 4.34. The van der Waals surface area contributed by atoms with Crippen molar-refractivity contribution < 1.29 is 4.79 Å². The molecule has 0 saturated carbocycles. The first-order valence-electron chi connectivity index (χ1n) is 6.07. The lowest BCUT2D eigenvalue weighted by molar-refractivity contribution is -0.115. The SMILES string of the molecule is CCc1cc(NC(=O)Cc2ccc(C)cc2)n[nH]1. The van der Waals surface area contributed by atoms with Crippen LogP contribution in [-0.4, -0.2) is 16.1 Å². The number of carbonyl (C=O) groups is 1. The number of rotatable bonds is 4. The summed E-state index contributed by atoms with van der Waals surface area (Å²) < 4.78 is 0. The van der Waals surface area contributed by atoms with Crippen LogP contribution >= 0.6 is 0 Å². The number of aromatic nitrogens is 2. The first-order valence-corrected chi connectivity index (χ1v) is 6.07. The average Bonchev–Trinajstić information content (AvgIpc) is 2.79. The fraction of sp³-hybridized carbons (Fsp3) is 0.286. The van der Waals surface area contributed by atoms with Crippen molar-refractivity contribution in [2.75, 3.05) is 5.32 Å². The highest BCUT2D eigenvalue weighted by molar-refractivity contribution is 5.91. The minimum absolute atomic E-state index is 0.0481. The number of carbonyl (C=O) groups excluding carboxylic acids is 1. The molecule has 0 atom stereocenters. The largest absolute Gasteiger partial charge is 0.309 e. The molecular formula is C14H17N3O. The van der Waals surface area contributed by atoms with Crippen molar-refractivity contribution in [2.24, 2.45) is 0 Å². The van der Waals surface area contributed by atoms with Gasteiger partial charge in [-0.15, -0.1) is 0 Å². The second-order valence-corrected chi connectivity index (χ2v) is 4.34. The first-order chi connectivity index (χ1) is 8.67. The van der Waals surface area contributed by atoms with Gasteiger partial charge in [-0.25, -0.2) is 0 Å². The molecule has 94 valence electrons. The summed E-state index contributed by atoms with van der Waals surface area (Å²) in [7, 11) is 0. The highest BCUT2D eigenvalue weighted by atomic mass is 16.1. The molecule has 1 heterocycles. The molecule has 0 saturated heterocycles. The Kier molecular flexibility index (Phi) is 3.77. The third kappa shape index (κ3) is 3.20. The fourth-order valence-corrected chi connectivity index (χ4v) is 1.69. The number of hydrogen-bond donors (Lipinski definition) is 2. The summed E-state index contributed by atoms with van der Waals surface area (Å²) in [5, 5.41) is 9.67. The number of aromatic amines is 1. The fourth-order valence-electron chi connectivity index (χ4n) is 1.69. The molecule has 1 amide bonds. The zero-order valence-electron chi connectivity index (χ0n) is 10.7. The summed E-state index contributed by atoms with van der Waals surface area (Å²) in [6.45, 7) is 4.06. The Balaban J connectivity index is 1.94. The molecule has 18 heavy (non-hydrogen) atoms. The van der Waals surface area contributed by atoms with E-state index in [1.165, 1.54) is 5.56 Å². The van der Waals surface area contributed by atoms with E-state index in [4.69, 9.17) is 0 Å². The van der Waals surface area contributed by atoms with Gasteiger partial charge in [0.25, 0.3) is 0 Å². The number of benzene rings is 1. The minimum Gasteiger partial charge on any atom is -0.309 e. The van der Waals surface area contributed by atoms with Gasteiger partial charge in [0.15, 0.2) is 5.82 Å².